The molecule has 0 fully saturated rings. The average molecular weight is 352 g/mol. The number of aliphatic imine (C=N–C) groups is 1. The third kappa shape index (κ3) is 2.56. The third-order valence-electron chi connectivity index (χ3n) is 3.85. The van der Waals surface area contributed by atoms with E-state index in [0.717, 1.165) is 0 Å². The van der Waals surface area contributed by atoms with Crippen molar-refractivity contribution in [1.29, 1.82) is 10.5 Å². The Kier molecular flexibility index (Phi) is 4.17. The second-order valence-electron chi connectivity index (χ2n) is 5.26. The highest BCUT2D eigenvalue weighted by molar-refractivity contribution is 5.98. The molecular formula is C16H13FN8O. The fourth-order valence-electron chi connectivity index (χ4n) is 2.76. The molecule has 1 unspecified atom stereocenters. The van der Waals surface area contributed by atoms with Crippen molar-refractivity contribution < 1.29 is 9.13 Å². The molecule has 0 saturated carbocycles. The molecule has 6 N–H and O–H groups in total. The first-order valence-electron chi connectivity index (χ1n) is 7.33. The second kappa shape index (κ2) is 6.45. The highest BCUT2D eigenvalue weighted by Crippen LogP contribution is 2.43. The fraction of sp³-hybridized carbons (Fsp3) is 0.125. The summed E-state index contributed by atoms with van der Waals surface area (Å²) in [6, 6.07) is 5.38. The maximum absolute atomic E-state index is 14.2. The summed E-state index contributed by atoms with van der Waals surface area (Å²) in [4.78, 5) is 8.48. The molecule has 1 aliphatic heterocycles. The van der Waals surface area contributed by atoms with Crippen molar-refractivity contribution in [2.75, 3.05) is 23.9 Å². The summed E-state index contributed by atoms with van der Waals surface area (Å²) in [7, 11) is 1.33. The minimum atomic E-state index is -0.868. The normalized spacial score (nSPS) is 14.9. The molecule has 1 atom stereocenters. The predicted octanol–water partition coefficient (Wildman–Crippen LogP) is 1.21. The number of anilines is 3. The van der Waals surface area contributed by atoms with Gasteiger partial charge in [-0.25, -0.2) is 14.4 Å². The first kappa shape index (κ1) is 16.8. The molecule has 10 heteroatoms. The SMILES string of the molecule is COc1c(F)cccc1C1N=C(NC#N)Nc2nc(N)c(C#N)c(N)c21. The molecule has 130 valence electrons. The topological polar surface area (TPSA) is 158 Å². The van der Waals surface area contributed by atoms with E-state index in [-0.39, 0.29) is 34.6 Å². The number of aromatic nitrogens is 1. The average Bonchev–Trinajstić information content (AvgIpc) is 2.61. The summed E-state index contributed by atoms with van der Waals surface area (Å²) < 4.78 is 19.3. The lowest BCUT2D eigenvalue weighted by Crippen LogP contribution is -2.33. The molecule has 0 bridgehead atoms. The molecule has 0 amide bonds. The van der Waals surface area contributed by atoms with Crippen molar-refractivity contribution in [2.45, 2.75) is 6.04 Å². The molecule has 2 aromatic rings. The van der Waals surface area contributed by atoms with E-state index in [1.54, 1.807) is 12.3 Å². The minimum absolute atomic E-state index is 0.00203. The fourth-order valence-corrected chi connectivity index (χ4v) is 2.76. The zero-order valence-electron chi connectivity index (χ0n) is 13.5. The van der Waals surface area contributed by atoms with Crippen molar-refractivity contribution in [2.24, 2.45) is 4.99 Å². The Balaban J connectivity index is 2.31. The Morgan fingerprint density at radius 3 is 2.77 bits per heavy atom. The van der Waals surface area contributed by atoms with Crippen molar-refractivity contribution >= 4 is 23.3 Å². The number of hydrogen-bond acceptors (Lipinski definition) is 9. The second-order valence-corrected chi connectivity index (χ2v) is 5.26. The van der Waals surface area contributed by atoms with Crippen LogP contribution in [0.5, 0.6) is 5.75 Å². The zero-order chi connectivity index (χ0) is 18.8. The van der Waals surface area contributed by atoms with Crippen LogP contribution < -0.4 is 26.8 Å². The molecule has 9 nitrogen and oxygen atoms in total. The molecule has 1 aromatic heterocycles. The van der Waals surface area contributed by atoms with Crippen LogP contribution in [0.3, 0.4) is 0 Å². The van der Waals surface area contributed by atoms with Crippen LogP contribution in [0.2, 0.25) is 0 Å². The molecule has 0 saturated heterocycles. The summed E-state index contributed by atoms with van der Waals surface area (Å²) in [6.07, 6.45) is 1.74. The number of nitrogen functional groups attached to an aromatic ring is 2. The number of benzene rings is 1. The number of nitrogens with one attached hydrogen (secondary N) is 2. The van der Waals surface area contributed by atoms with Crippen LogP contribution in [-0.2, 0) is 0 Å². The Morgan fingerprint density at radius 2 is 2.12 bits per heavy atom. The number of para-hydroxylation sites is 1. The molecular weight excluding hydrogens is 339 g/mol. The molecule has 2 heterocycles. The first-order valence-corrected chi connectivity index (χ1v) is 7.33. The van der Waals surface area contributed by atoms with E-state index < -0.39 is 11.9 Å². The van der Waals surface area contributed by atoms with Gasteiger partial charge in [0.1, 0.15) is 29.3 Å². The Morgan fingerprint density at radius 1 is 1.35 bits per heavy atom. The number of halogens is 1. The molecule has 3 rings (SSSR count). The van der Waals surface area contributed by atoms with E-state index in [0.29, 0.717) is 11.1 Å². The number of rotatable bonds is 2. The number of hydrogen-bond donors (Lipinski definition) is 4. The van der Waals surface area contributed by atoms with E-state index in [1.165, 1.54) is 19.2 Å². The van der Waals surface area contributed by atoms with Gasteiger partial charge in [-0.15, -0.1) is 0 Å². The van der Waals surface area contributed by atoms with E-state index in [4.69, 9.17) is 21.5 Å². The van der Waals surface area contributed by atoms with Gasteiger partial charge in [-0.05, 0) is 6.07 Å². The van der Waals surface area contributed by atoms with Crippen LogP contribution in [0.1, 0.15) is 22.7 Å². The van der Waals surface area contributed by atoms with Crippen molar-refractivity contribution in [1.82, 2.24) is 10.3 Å². The smallest absolute Gasteiger partial charge is 0.211 e. The van der Waals surface area contributed by atoms with Gasteiger partial charge >= 0.3 is 0 Å². The lowest BCUT2D eigenvalue weighted by molar-refractivity contribution is 0.380. The van der Waals surface area contributed by atoms with Crippen LogP contribution in [0.25, 0.3) is 0 Å². The van der Waals surface area contributed by atoms with E-state index in [9.17, 15) is 9.65 Å². The molecule has 0 radical (unpaired) electrons. The van der Waals surface area contributed by atoms with Crippen LogP contribution in [0.4, 0.5) is 21.7 Å². The number of ether oxygens (including phenoxy) is 1. The largest absolute Gasteiger partial charge is 0.493 e. The molecule has 1 aromatic carbocycles. The number of nitrogens with two attached hydrogens (primary N) is 2. The highest BCUT2D eigenvalue weighted by Gasteiger charge is 2.32. The highest BCUT2D eigenvalue weighted by atomic mass is 19.1. The maximum atomic E-state index is 14.2. The van der Waals surface area contributed by atoms with Gasteiger partial charge in [0.05, 0.1) is 12.8 Å². The quantitative estimate of drug-likeness (QED) is 0.463. The summed E-state index contributed by atoms with van der Waals surface area (Å²) in [5.41, 5.74) is 12.7. The molecule has 1 aliphatic rings. The summed E-state index contributed by atoms with van der Waals surface area (Å²) in [5.74, 6) is -0.396. The summed E-state index contributed by atoms with van der Waals surface area (Å²) >= 11 is 0. The number of methoxy groups -OCH3 is 1. The number of pyridine rings is 1. The van der Waals surface area contributed by atoms with E-state index >= 15 is 0 Å². The van der Waals surface area contributed by atoms with Gasteiger partial charge < -0.3 is 21.5 Å². The number of nitriles is 2. The van der Waals surface area contributed by atoms with Gasteiger partial charge in [0.2, 0.25) is 5.96 Å². The minimum Gasteiger partial charge on any atom is -0.493 e. The number of nitrogens with zero attached hydrogens (tertiary/aromatic N) is 4. The van der Waals surface area contributed by atoms with Gasteiger partial charge in [-0.1, -0.05) is 12.1 Å². The van der Waals surface area contributed by atoms with E-state index in [1.807, 2.05) is 6.07 Å². The number of guanidine groups is 1. The van der Waals surface area contributed by atoms with Gasteiger partial charge in [-0.3, -0.25) is 5.32 Å². The van der Waals surface area contributed by atoms with Gasteiger partial charge in [0.15, 0.2) is 17.8 Å². The number of fused-ring (bicyclic) bond motifs is 1. The van der Waals surface area contributed by atoms with Crippen molar-refractivity contribution in [3.8, 4) is 18.0 Å². The summed E-state index contributed by atoms with van der Waals surface area (Å²) in [5, 5.41) is 23.3. The van der Waals surface area contributed by atoms with Crippen LogP contribution in [0, 0.1) is 28.6 Å². The Labute approximate surface area is 147 Å². The van der Waals surface area contributed by atoms with Crippen molar-refractivity contribution in [3.05, 3.63) is 40.7 Å². The lowest BCUT2D eigenvalue weighted by Gasteiger charge is -2.27. The van der Waals surface area contributed by atoms with E-state index in [2.05, 4.69) is 20.6 Å². The molecule has 0 aliphatic carbocycles. The van der Waals surface area contributed by atoms with Gasteiger partial charge in [0, 0.05) is 11.1 Å². The zero-order valence-corrected chi connectivity index (χ0v) is 13.5. The third-order valence-corrected chi connectivity index (χ3v) is 3.85. The molecule has 26 heavy (non-hydrogen) atoms. The Bertz CT molecular complexity index is 1000. The summed E-state index contributed by atoms with van der Waals surface area (Å²) in [6.45, 7) is 0. The van der Waals surface area contributed by atoms with Crippen LogP contribution >= 0.6 is 0 Å². The van der Waals surface area contributed by atoms with Crippen molar-refractivity contribution in [3.63, 3.8) is 0 Å². The standard InChI is InChI=1S/C16H13FN8O/c1-26-13-7(3-2-4-9(13)17)12-10-11(20)8(5-18)14(21)24-15(10)25-16(23-12)22-6-19/h2-4,12H,1H3,(H6,20,21,22,23,24,25). The van der Waals surface area contributed by atoms with Gasteiger partial charge in [0.25, 0.3) is 0 Å². The van der Waals surface area contributed by atoms with Crippen LogP contribution in [0.15, 0.2) is 23.2 Å². The Hall–Kier alpha value is -4.05. The predicted molar refractivity (Wildman–Crippen MR) is 92.4 cm³/mol. The van der Waals surface area contributed by atoms with Gasteiger partial charge in [-0.2, -0.15) is 10.5 Å². The molecule has 0 spiro atoms. The van der Waals surface area contributed by atoms with Crippen LogP contribution in [-0.4, -0.2) is 18.1 Å². The first-order chi connectivity index (χ1) is 12.5. The monoisotopic (exact) mass is 352 g/mol. The maximum Gasteiger partial charge on any atom is 0.211 e. The lowest BCUT2D eigenvalue weighted by atomic mass is 9.94.